The van der Waals surface area contributed by atoms with Gasteiger partial charge in [0.25, 0.3) is 11.8 Å². The van der Waals surface area contributed by atoms with Crippen LogP contribution in [0.15, 0.2) is 18.2 Å². The molecule has 0 aliphatic carbocycles. The van der Waals surface area contributed by atoms with Gasteiger partial charge in [-0.3, -0.25) is 39.1 Å². The predicted octanol–water partition coefficient (Wildman–Crippen LogP) is -1.33. The molecule has 0 bridgehead atoms. The van der Waals surface area contributed by atoms with Crippen LogP contribution in [0.1, 0.15) is 40.0 Å². The van der Waals surface area contributed by atoms with Crippen LogP contribution in [0.4, 0.5) is 5.69 Å². The Bertz CT molecular complexity index is 1030. The number of fused-ring (bicyclic) bond motifs is 1. The van der Waals surface area contributed by atoms with E-state index in [2.05, 4.69) is 16.0 Å². The lowest BCUT2D eigenvalue weighted by Gasteiger charge is -2.27. The highest BCUT2D eigenvalue weighted by Gasteiger charge is 2.45. The third-order valence-electron chi connectivity index (χ3n) is 6.27. The molecule has 1 aromatic rings. The topological polar surface area (TPSA) is 163 Å². The molecule has 2 atom stereocenters. The molecule has 0 aromatic heterocycles. The number of amides is 5. The van der Waals surface area contributed by atoms with Gasteiger partial charge in [-0.2, -0.15) is 0 Å². The van der Waals surface area contributed by atoms with Crippen LogP contribution in [0.2, 0.25) is 0 Å². The first-order valence-electron chi connectivity index (χ1n) is 11.8. The molecule has 0 spiro atoms. The maximum Gasteiger partial charge on any atom is 0.264 e. The van der Waals surface area contributed by atoms with E-state index in [4.69, 9.17) is 10.5 Å². The van der Waals surface area contributed by atoms with E-state index in [0.29, 0.717) is 38.5 Å². The number of carbonyl (C=O) groups excluding carboxylic acids is 5. The van der Waals surface area contributed by atoms with Gasteiger partial charge in [-0.25, -0.2) is 0 Å². The molecule has 3 heterocycles. The van der Waals surface area contributed by atoms with Crippen molar-refractivity contribution in [2.24, 2.45) is 5.73 Å². The SMILES string of the molecule is N[C@H]1CCN(CC(=O)NCCOCCNc2cccc3c2C(=O)N(C2CCC(=O)NC2=O)C3=O)C1. The summed E-state index contributed by atoms with van der Waals surface area (Å²) in [7, 11) is 0. The van der Waals surface area contributed by atoms with E-state index in [-0.39, 0.29) is 35.9 Å². The summed E-state index contributed by atoms with van der Waals surface area (Å²) in [6.45, 7) is 3.30. The molecule has 1 aromatic carbocycles. The molecule has 0 radical (unpaired) electrons. The minimum Gasteiger partial charge on any atom is -0.382 e. The smallest absolute Gasteiger partial charge is 0.264 e. The van der Waals surface area contributed by atoms with Crippen LogP contribution in [-0.2, 0) is 19.1 Å². The van der Waals surface area contributed by atoms with Crippen molar-refractivity contribution in [1.29, 1.82) is 0 Å². The van der Waals surface area contributed by atoms with Gasteiger partial charge in [0.05, 0.1) is 30.9 Å². The van der Waals surface area contributed by atoms with Crippen LogP contribution in [0.25, 0.3) is 0 Å². The van der Waals surface area contributed by atoms with Crippen molar-refractivity contribution in [3.8, 4) is 0 Å². The largest absolute Gasteiger partial charge is 0.382 e. The highest BCUT2D eigenvalue weighted by molar-refractivity contribution is 6.25. The molecule has 12 nitrogen and oxygen atoms in total. The molecule has 2 saturated heterocycles. The molecule has 0 saturated carbocycles. The third kappa shape index (κ3) is 5.66. The number of piperidine rings is 1. The highest BCUT2D eigenvalue weighted by atomic mass is 16.5. The van der Waals surface area contributed by atoms with Crippen molar-refractivity contribution >= 4 is 35.2 Å². The molecule has 1 unspecified atom stereocenters. The van der Waals surface area contributed by atoms with Crippen molar-refractivity contribution in [3.05, 3.63) is 29.3 Å². The normalized spacial score (nSPS) is 22.4. The molecule has 5 amide bonds. The molecule has 4 rings (SSSR count). The highest BCUT2D eigenvalue weighted by Crippen LogP contribution is 2.32. The molecular weight excluding hydrogens is 456 g/mol. The maximum atomic E-state index is 13.1. The Morgan fingerprint density at radius 2 is 1.91 bits per heavy atom. The molecule has 3 aliphatic rings. The summed E-state index contributed by atoms with van der Waals surface area (Å²) in [6.07, 6.45) is 1.08. The van der Waals surface area contributed by atoms with E-state index >= 15 is 0 Å². The van der Waals surface area contributed by atoms with Crippen molar-refractivity contribution in [2.75, 3.05) is 51.3 Å². The van der Waals surface area contributed by atoms with Gasteiger partial charge in [0, 0.05) is 44.3 Å². The Morgan fingerprint density at radius 1 is 1.11 bits per heavy atom. The van der Waals surface area contributed by atoms with E-state index in [9.17, 15) is 24.0 Å². The number of nitrogens with one attached hydrogen (secondary N) is 3. The molecule has 12 heteroatoms. The van der Waals surface area contributed by atoms with E-state index < -0.39 is 29.7 Å². The fourth-order valence-electron chi connectivity index (χ4n) is 4.55. The number of anilines is 1. The van der Waals surface area contributed by atoms with E-state index in [1.54, 1.807) is 18.2 Å². The van der Waals surface area contributed by atoms with Gasteiger partial charge >= 0.3 is 0 Å². The van der Waals surface area contributed by atoms with Crippen molar-refractivity contribution < 1.29 is 28.7 Å². The van der Waals surface area contributed by atoms with E-state index in [1.165, 1.54) is 0 Å². The first-order chi connectivity index (χ1) is 16.8. The number of rotatable bonds is 10. The predicted molar refractivity (Wildman–Crippen MR) is 124 cm³/mol. The number of carbonyl (C=O) groups is 5. The summed E-state index contributed by atoms with van der Waals surface area (Å²) >= 11 is 0. The number of nitrogens with two attached hydrogens (primary N) is 1. The molecule has 2 fully saturated rings. The number of imide groups is 2. The Kier molecular flexibility index (Phi) is 7.73. The average molecular weight is 487 g/mol. The van der Waals surface area contributed by atoms with Crippen LogP contribution in [0.3, 0.4) is 0 Å². The van der Waals surface area contributed by atoms with Crippen LogP contribution in [0, 0.1) is 0 Å². The number of hydrogen-bond donors (Lipinski definition) is 4. The zero-order valence-corrected chi connectivity index (χ0v) is 19.4. The average Bonchev–Trinajstić information content (AvgIpc) is 3.34. The fourth-order valence-corrected chi connectivity index (χ4v) is 4.55. The number of hydrogen-bond acceptors (Lipinski definition) is 9. The Hall–Kier alpha value is -3.35. The Balaban J connectivity index is 1.22. The van der Waals surface area contributed by atoms with Gasteiger partial charge in [-0.1, -0.05) is 6.07 Å². The lowest BCUT2D eigenvalue weighted by molar-refractivity contribution is -0.136. The molecule has 35 heavy (non-hydrogen) atoms. The van der Waals surface area contributed by atoms with E-state index in [1.807, 2.05) is 4.90 Å². The minimum atomic E-state index is -1.01. The van der Waals surface area contributed by atoms with Crippen LogP contribution >= 0.6 is 0 Å². The van der Waals surface area contributed by atoms with Gasteiger partial charge in [0.2, 0.25) is 17.7 Å². The second-order valence-electron chi connectivity index (χ2n) is 8.85. The standard InChI is InChI=1S/C23H30N6O6/c24-14-6-9-28(12-14)13-19(31)26-8-11-35-10-7-25-16-3-1-2-15-20(16)23(34)29(22(15)33)17-4-5-18(30)27-21(17)32/h1-3,14,17,25H,4-13,24H2,(H,26,31)(H,27,30,32)/t14-,17?/m0/s1. The lowest BCUT2D eigenvalue weighted by atomic mass is 10.0. The summed E-state index contributed by atoms with van der Waals surface area (Å²) in [4.78, 5) is 64.5. The summed E-state index contributed by atoms with van der Waals surface area (Å²) in [5.41, 5.74) is 6.73. The maximum absolute atomic E-state index is 13.1. The Labute approximate surface area is 202 Å². The van der Waals surface area contributed by atoms with Gasteiger partial charge in [-0.15, -0.1) is 0 Å². The molecular formula is C23H30N6O6. The number of ether oxygens (including phenoxy) is 1. The van der Waals surface area contributed by atoms with Gasteiger partial charge in [-0.05, 0) is 25.0 Å². The lowest BCUT2D eigenvalue weighted by Crippen LogP contribution is -2.54. The summed E-state index contributed by atoms with van der Waals surface area (Å²) in [5, 5.41) is 8.10. The molecule has 3 aliphatic heterocycles. The number of benzene rings is 1. The Morgan fingerprint density at radius 3 is 2.66 bits per heavy atom. The molecule has 5 N–H and O–H groups in total. The second-order valence-corrected chi connectivity index (χ2v) is 8.85. The van der Waals surface area contributed by atoms with Gasteiger partial charge in [0.1, 0.15) is 6.04 Å². The first kappa shape index (κ1) is 24.8. The van der Waals surface area contributed by atoms with Crippen molar-refractivity contribution in [3.63, 3.8) is 0 Å². The quantitative estimate of drug-likeness (QED) is 0.232. The van der Waals surface area contributed by atoms with Crippen LogP contribution in [-0.4, -0.2) is 97.4 Å². The van der Waals surface area contributed by atoms with Gasteiger partial charge in [0.15, 0.2) is 0 Å². The minimum absolute atomic E-state index is 0.0654. The fraction of sp³-hybridized carbons (Fsp3) is 0.522. The summed E-state index contributed by atoms with van der Waals surface area (Å²) in [5.74, 6) is -2.24. The second kappa shape index (κ2) is 10.9. The monoisotopic (exact) mass is 486 g/mol. The summed E-state index contributed by atoms with van der Waals surface area (Å²) < 4.78 is 5.54. The zero-order valence-electron chi connectivity index (χ0n) is 19.4. The van der Waals surface area contributed by atoms with Crippen LogP contribution < -0.4 is 21.7 Å². The van der Waals surface area contributed by atoms with Crippen LogP contribution in [0.5, 0.6) is 0 Å². The number of likely N-dealkylation sites (tertiary alicyclic amines) is 1. The number of nitrogens with zero attached hydrogens (tertiary/aromatic N) is 2. The van der Waals surface area contributed by atoms with Gasteiger partial charge < -0.3 is 21.1 Å². The summed E-state index contributed by atoms with van der Waals surface area (Å²) in [6, 6.07) is 4.01. The van der Waals surface area contributed by atoms with Crippen molar-refractivity contribution in [1.82, 2.24) is 20.4 Å². The van der Waals surface area contributed by atoms with E-state index in [0.717, 1.165) is 24.4 Å². The molecule has 188 valence electrons. The van der Waals surface area contributed by atoms with Crippen molar-refractivity contribution in [2.45, 2.75) is 31.3 Å². The zero-order chi connectivity index (χ0) is 24.9. The first-order valence-corrected chi connectivity index (χ1v) is 11.8. The third-order valence-corrected chi connectivity index (χ3v) is 6.27.